The van der Waals surface area contributed by atoms with E-state index >= 15 is 0 Å². The molecule has 138 valence electrons. The molecule has 1 aromatic carbocycles. The minimum absolute atomic E-state index is 0. The average molecular weight is 374 g/mol. The Kier molecular flexibility index (Phi) is 3.60. The van der Waals surface area contributed by atoms with E-state index in [0.29, 0.717) is 17.7 Å². The van der Waals surface area contributed by atoms with Crippen molar-refractivity contribution in [3.63, 3.8) is 0 Å². The van der Waals surface area contributed by atoms with Gasteiger partial charge in [0, 0.05) is 29.1 Å². The molecule has 4 aliphatic rings. The van der Waals surface area contributed by atoms with Crippen LogP contribution < -0.4 is 4.74 Å². The molecule has 1 spiro atoms. The summed E-state index contributed by atoms with van der Waals surface area (Å²) in [5.41, 5.74) is 4.16. The number of halogens is 1. The second kappa shape index (κ2) is 5.67. The lowest BCUT2D eigenvalue weighted by atomic mass is 9.52. The molecule has 0 unspecified atom stereocenters. The molecule has 0 amide bonds. The van der Waals surface area contributed by atoms with Gasteiger partial charge in [-0.05, 0) is 62.3 Å². The third-order valence-electron chi connectivity index (χ3n) is 7.31. The molecule has 3 heterocycles. The number of hydrogen-bond donors (Lipinski definition) is 1. The maximum Gasteiger partial charge on any atom is 0.165 e. The Morgan fingerprint density at radius 1 is 1.23 bits per heavy atom. The number of furan rings is 1. The quantitative estimate of drug-likeness (QED) is 0.863. The van der Waals surface area contributed by atoms with Gasteiger partial charge in [-0.15, -0.1) is 12.4 Å². The van der Waals surface area contributed by atoms with Crippen LogP contribution in [0.3, 0.4) is 0 Å². The van der Waals surface area contributed by atoms with E-state index in [1.165, 1.54) is 29.5 Å². The van der Waals surface area contributed by atoms with Crippen molar-refractivity contribution in [2.75, 3.05) is 6.54 Å². The first-order valence-electron chi connectivity index (χ1n) is 9.54. The van der Waals surface area contributed by atoms with Crippen LogP contribution in [0.1, 0.15) is 42.4 Å². The highest BCUT2D eigenvalue weighted by molar-refractivity contribution is 5.85. The first-order chi connectivity index (χ1) is 12.3. The fourth-order valence-electron chi connectivity index (χ4n) is 6.41. The summed E-state index contributed by atoms with van der Waals surface area (Å²) in [4.78, 5) is 2.66. The van der Waals surface area contributed by atoms with Crippen LogP contribution in [-0.2, 0) is 18.4 Å². The lowest BCUT2D eigenvalue weighted by molar-refractivity contribution is -0.0547. The van der Waals surface area contributed by atoms with Gasteiger partial charge >= 0.3 is 0 Å². The van der Waals surface area contributed by atoms with Crippen molar-refractivity contribution in [2.45, 2.75) is 56.2 Å². The lowest BCUT2D eigenvalue weighted by Crippen LogP contribution is -2.63. The van der Waals surface area contributed by atoms with Gasteiger partial charge in [-0.25, -0.2) is 0 Å². The standard InChI is InChI=1S/C21H23NO3.ClH/c23-17-5-4-14-10-16-15-2-1-3-18-21(15,19(14)20(17)25-18)7-8-22(16)11-13-6-9-24-12-13;/h4-6,9,12,15-16,18,23H,1-3,7-8,10-11H2;1H/t15-,16+,18-,21+;/m0./s1. The molecule has 0 radical (unpaired) electrons. The van der Waals surface area contributed by atoms with E-state index in [2.05, 4.69) is 17.0 Å². The predicted octanol–water partition coefficient (Wildman–Crippen LogP) is 4.04. The third kappa shape index (κ3) is 1.95. The third-order valence-corrected chi connectivity index (χ3v) is 7.31. The fourth-order valence-corrected chi connectivity index (χ4v) is 6.41. The van der Waals surface area contributed by atoms with E-state index in [4.69, 9.17) is 9.15 Å². The molecule has 26 heavy (non-hydrogen) atoms. The highest BCUT2D eigenvalue weighted by Crippen LogP contribution is 2.63. The van der Waals surface area contributed by atoms with E-state index in [0.717, 1.165) is 38.1 Å². The molecule has 2 bridgehead atoms. The van der Waals surface area contributed by atoms with Gasteiger partial charge in [-0.2, -0.15) is 0 Å². The molecule has 2 aliphatic heterocycles. The number of piperidine rings is 1. The summed E-state index contributed by atoms with van der Waals surface area (Å²) in [5, 5.41) is 10.4. The van der Waals surface area contributed by atoms with Gasteiger partial charge < -0.3 is 14.3 Å². The van der Waals surface area contributed by atoms with Gasteiger partial charge in [0.25, 0.3) is 0 Å². The molecule has 5 heteroatoms. The van der Waals surface area contributed by atoms with E-state index in [9.17, 15) is 5.11 Å². The molecule has 2 aliphatic carbocycles. The molecular weight excluding hydrogens is 350 g/mol. The highest BCUT2D eigenvalue weighted by atomic mass is 35.5. The van der Waals surface area contributed by atoms with E-state index < -0.39 is 0 Å². The van der Waals surface area contributed by atoms with Crippen LogP contribution in [0.25, 0.3) is 0 Å². The van der Waals surface area contributed by atoms with E-state index in [1.54, 1.807) is 6.26 Å². The molecular formula is C21H24ClNO3. The van der Waals surface area contributed by atoms with Crippen LogP contribution in [0.15, 0.2) is 35.1 Å². The van der Waals surface area contributed by atoms with E-state index in [-0.39, 0.29) is 23.9 Å². The van der Waals surface area contributed by atoms with Crippen molar-refractivity contribution in [3.05, 3.63) is 47.4 Å². The minimum atomic E-state index is 0. The number of aromatic hydroxyl groups is 1. The van der Waals surface area contributed by atoms with Crippen molar-refractivity contribution >= 4 is 12.4 Å². The zero-order valence-electron chi connectivity index (χ0n) is 14.7. The van der Waals surface area contributed by atoms with Crippen LogP contribution in [-0.4, -0.2) is 28.7 Å². The summed E-state index contributed by atoms with van der Waals surface area (Å²) in [6, 6.07) is 6.62. The number of phenolic OH excluding ortho intramolecular Hbond substituents is 1. The van der Waals surface area contributed by atoms with Gasteiger partial charge in [0.05, 0.1) is 12.5 Å². The number of hydrogen-bond acceptors (Lipinski definition) is 4. The average Bonchev–Trinajstić information content (AvgIpc) is 3.24. The molecule has 6 rings (SSSR count). The second-order valence-corrected chi connectivity index (χ2v) is 8.26. The van der Waals surface area contributed by atoms with Gasteiger partial charge in [0.2, 0.25) is 0 Å². The smallest absolute Gasteiger partial charge is 0.165 e. The topological polar surface area (TPSA) is 45.8 Å². The van der Waals surface area contributed by atoms with Crippen LogP contribution in [0.4, 0.5) is 0 Å². The Morgan fingerprint density at radius 2 is 2.15 bits per heavy atom. The molecule has 1 saturated carbocycles. The number of phenols is 1. The van der Waals surface area contributed by atoms with Crippen molar-refractivity contribution < 1.29 is 14.3 Å². The molecule has 2 fully saturated rings. The number of benzene rings is 1. The van der Waals surface area contributed by atoms with Gasteiger partial charge in [-0.3, -0.25) is 4.90 Å². The second-order valence-electron chi connectivity index (χ2n) is 8.26. The minimum Gasteiger partial charge on any atom is -0.504 e. The molecule has 4 atom stereocenters. The number of ether oxygens (including phenoxy) is 1. The molecule has 4 nitrogen and oxygen atoms in total. The summed E-state index contributed by atoms with van der Waals surface area (Å²) in [7, 11) is 0. The summed E-state index contributed by atoms with van der Waals surface area (Å²) >= 11 is 0. The van der Waals surface area contributed by atoms with Crippen LogP contribution in [0.5, 0.6) is 11.5 Å². The number of rotatable bonds is 2. The van der Waals surface area contributed by atoms with Crippen molar-refractivity contribution in [2.24, 2.45) is 5.92 Å². The highest BCUT2D eigenvalue weighted by Gasteiger charge is 2.63. The maximum absolute atomic E-state index is 10.4. The van der Waals surface area contributed by atoms with Crippen LogP contribution >= 0.6 is 12.4 Å². The normalized spacial score (nSPS) is 33.9. The zero-order valence-corrected chi connectivity index (χ0v) is 15.5. The largest absolute Gasteiger partial charge is 0.504 e. The van der Waals surface area contributed by atoms with Crippen LogP contribution in [0.2, 0.25) is 0 Å². The first-order valence-corrected chi connectivity index (χ1v) is 9.54. The maximum atomic E-state index is 10.4. The summed E-state index contributed by atoms with van der Waals surface area (Å²) in [6.07, 6.45) is 9.75. The molecule has 2 aromatic rings. The molecule has 1 aromatic heterocycles. The zero-order chi connectivity index (χ0) is 16.6. The lowest BCUT2D eigenvalue weighted by Gasteiger charge is -2.58. The number of nitrogens with zero attached hydrogens (tertiary/aromatic N) is 1. The Hall–Kier alpha value is -1.65. The Labute approximate surface area is 159 Å². The van der Waals surface area contributed by atoms with Crippen molar-refractivity contribution in [3.8, 4) is 11.5 Å². The molecule has 1 N–H and O–H groups in total. The monoisotopic (exact) mass is 373 g/mol. The van der Waals surface area contributed by atoms with Gasteiger partial charge in [0.1, 0.15) is 6.10 Å². The van der Waals surface area contributed by atoms with Gasteiger partial charge in [0.15, 0.2) is 11.5 Å². The summed E-state index contributed by atoms with van der Waals surface area (Å²) in [5.74, 6) is 1.78. The predicted molar refractivity (Wildman–Crippen MR) is 100 cm³/mol. The first kappa shape index (κ1) is 16.5. The Bertz CT molecular complexity index is 836. The fraction of sp³-hybridized carbons (Fsp3) is 0.524. The van der Waals surface area contributed by atoms with Crippen LogP contribution in [0, 0.1) is 5.92 Å². The van der Waals surface area contributed by atoms with Crippen molar-refractivity contribution in [1.82, 2.24) is 4.90 Å². The van der Waals surface area contributed by atoms with Gasteiger partial charge in [-0.1, -0.05) is 6.07 Å². The Balaban J connectivity index is 0.00000150. The SMILES string of the molecule is Cl.Oc1ccc2c3c1O[C@H]1CCC[C@H]4[C@@H](C2)N(Cc2ccoc2)CC[C@]314. The number of likely N-dealkylation sites (tertiary alicyclic amines) is 1. The van der Waals surface area contributed by atoms with Crippen molar-refractivity contribution in [1.29, 1.82) is 0 Å². The molecule has 1 saturated heterocycles. The summed E-state index contributed by atoms with van der Waals surface area (Å²) < 4.78 is 11.7. The summed E-state index contributed by atoms with van der Waals surface area (Å²) in [6.45, 7) is 2.07. The van der Waals surface area contributed by atoms with E-state index in [1.807, 2.05) is 12.3 Å². The Morgan fingerprint density at radius 3 is 3.00 bits per heavy atom.